The number of rotatable bonds is 3. The number of benzene rings is 1. The van der Waals surface area contributed by atoms with E-state index < -0.39 is 11.6 Å². The maximum atomic E-state index is 13.8. The molecule has 0 bridgehead atoms. The monoisotopic (exact) mass is 452 g/mol. The summed E-state index contributed by atoms with van der Waals surface area (Å²) >= 11 is 4.56. The molecule has 0 radical (unpaired) electrons. The molecule has 1 N–H and O–H groups in total. The number of pyridine rings is 1. The Kier molecular flexibility index (Phi) is 5.05. The van der Waals surface area contributed by atoms with Crippen molar-refractivity contribution in [3.63, 3.8) is 0 Å². The highest BCUT2D eigenvalue weighted by Crippen LogP contribution is 2.31. The summed E-state index contributed by atoms with van der Waals surface area (Å²) < 4.78 is 28.4. The number of anilines is 2. The van der Waals surface area contributed by atoms with Crippen molar-refractivity contribution in [1.29, 1.82) is 0 Å². The van der Waals surface area contributed by atoms with E-state index >= 15 is 0 Å². The zero-order valence-electron chi connectivity index (χ0n) is 14.1. The van der Waals surface area contributed by atoms with E-state index in [0.29, 0.717) is 11.2 Å². The van der Waals surface area contributed by atoms with Crippen LogP contribution in [0.25, 0.3) is 10.2 Å². The number of thiazole rings is 1. The Bertz CT molecular complexity index is 1010. The number of amides is 1. The molecule has 4 rings (SSSR count). The van der Waals surface area contributed by atoms with E-state index in [9.17, 15) is 13.6 Å². The van der Waals surface area contributed by atoms with Gasteiger partial charge < -0.3 is 10.2 Å². The molecule has 5 nitrogen and oxygen atoms in total. The molecule has 0 saturated carbocycles. The van der Waals surface area contributed by atoms with Crippen LogP contribution >= 0.6 is 27.3 Å². The number of hydrogen-bond acceptors (Lipinski definition) is 5. The summed E-state index contributed by atoms with van der Waals surface area (Å²) in [6.45, 7) is 1.43. The van der Waals surface area contributed by atoms with Crippen molar-refractivity contribution in [2.24, 2.45) is 5.92 Å². The lowest BCUT2D eigenvalue weighted by Gasteiger charge is -2.34. The minimum Gasteiger partial charge on any atom is -0.370 e. The fourth-order valence-electron chi connectivity index (χ4n) is 3.25. The first-order valence-electron chi connectivity index (χ1n) is 8.42. The quantitative estimate of drug-likeness (QED) is 0.631. The van der Waals surface area contributed by atoms with Gasteiger partial charge in [0.15, 0.2) is 10.9 Å². The Balaban J connectivity index is 1.50. The van der Waals surface area contributed by atoms with Crippen molar-refractivity contribution in [2.45, 2.75) is 12.8 Å². The Morgan fingerprint density at radius 2 is 2.22 bits per heavy atom. The van der Waals surface area contributed by atoms with Crippen molar-refractivity contribution in [1.82, 2.24) is 9.97 Å². The van der Waals surface area contributed by atoms with Crippen molar-refractivity contribution in [3.8, 4) is 0 Å². The first-order valence-corrected chi connectivity index (χ1v) is 10.0. The van der Waals surface area contributed by atoms with E-state index in [1.54, 1.807) is 12.4 Å². The number of aromatic nitrogens is 2. The minimum absolute atomic E-state index is 0.0719. The smallest absolute Gasteiger partial charge is 0.231 e. The standard InChI is InChI=1S/C18H15BrF2N4OS/c19-12-8-22-4-3-14(12)25-5-1-2-10(9-25)17(26)24-18-23-16-13(21)6-11(20)7-15(16)27-18/h3-4,6-8,10H,1-2,5,9H2,(H,23,24,26). The van der Waals surface area contributed by atoms with Gasteiger partial charge in [0.2, 0.25) is 5.91 Å². The molecule has 0 aliphatic carbocycles. The number of piperidine rings is 1. The van der Waals surface area contributed by atoms with E-state index in [0.717, 1.165) is 46.9 Å². The molecular formula is C18H15BrF2N4OS. The van der Waals surface area contributed by atoms with Gasteiger partial charge in [0.05, 0.1) is 20.8 Å². The van der Waals surface area contributed by atoms with Crippen LogP contribution in [0.15, 0.2) is 35.1 Å². The molecule has 3 aromatic rings. The summed E-state index contributed by atoms with van der Waals surface area (Å²) in [7, 11) is 0. The van der Waals surface area contributed by atoms with Crippen molar-refractivity contribution >= 4 is 54.2 Å². The van der Waals surface area contributed by atoms with Crippen LogP contribution in [-0.2, 0) is 4.79 Å². The Labute approximate surface area is 166 Å². The van der Waals surface area contributed by atoms with E-state index in [4.69, 9.17) is 0 Å². The van der Waals surface area contributed by atoms with Gasteiger partial charge in [-0.3, -0.25) is 9.78 Å². The molecule has 1 aliphatic heterocycles. The van der Waals surface area contributed by atoms with E-state index in [1.807, 2.05) is 6.07 Å². The molecule has 1 saturated heterocycles. The molecule has 1 aromatic carbocycles. The van der Waals surface area contributed by atoms with Crippen LogP contribution in [0.2, 0.25) is 0 Å². The Hall–Kier alpha value is -2.13. The average molecular weight is 453 g/mol. The van der Waals surface area contributed by atoms with Crippen LogP contribution in [0.3, 0.4) is 0 Å². The first kappa shape index (κ1) is 18.2. The minimum atomic E-state index is -0.729. The number of hydrogen-bond donors (Lipinski definition) is 1. The third kappa shape index (κ3) is 3.79. The third-order valence-electron chi connectivity index (χ3n) is 4.53. The molecule has 0 spiro atoms. The molecule has 1 fully saturated rings. The second-order valence-corrected chi connectivity index (χ2v) is 8.24. The predicted molar refractivity (Wildman–Crippen MR) is 105 cm³/mol. The van der Waals surface area contributed by atoms with Gasteiger partial charge in [0.25, 0.3) is 0 Å². The second-order valence-electron chi connectivity index (χ2n) is 6.35. The van der Waals surface area contributed by atoms with Gasteiger partial charge in [-0.05, 0) is 40.9 Å². The summed E-state index contributed by atoms with van der Waals surface area (Å²) in [4.78, 5) is 23.0. The number of halogens is 3. The number of nitrogens with zero attached hydrogens (tertiary/aromatic N) is 3. The molecule has 1 atom stereocenters. The van der Waals surface area contributed by atoms with Gasteiger partial charge in [0.1, 0.15) is 11.3 Å². The highest BCUT2D eigenvalue weighted by molar-refractivity contribution is 9.10. The van der Waals surface area contributed by atoms with Gasteiger partial charge >= 0.3 is 0 Å². The van der Waals surface area contributed by atoms with Crippen LogP contribution in [0.4, 0.5) is 19.6 Å². The van der Waals surface area contributed by atoms with E-state index in [2.05, 4.69) is 36.1 Å². The number of carbonyl (C=O) groups excluding carboxylic acids is 1. The second kappa shape index (κ2) is 7.47. The normalized spacial score (nSPS) is 17.3. The SMILES string of the molecule is O=C(Nc1nc2c(F)cc(F)cc2s1)C1CCCN(c2ccncc2Br)C1. The van der Waals surface area contributed by atoms with Gasteiger partial charge in [0, 0.05) is 31.5 Å². The lowest BCUT2D eigenvalue weighted by atomic mass is 9.97. The van der Waals surface area contributed by atoms with Crippen molar-refractivity contribution < 1.29 is 13.6 Å². The third-order valence-corrected chi connectivity index (χ3v) is 6.06. The van der Waals surface area contributed by atoms with Crippen LogP contribution < -0.4 is 10.2 Å². The van der Waals surface area contributed by atoms with Crippen LogP contribution in [0.1, 0.15) is 12.8 Å². The molecular weight excluding hydrogens is 438 g/mol. The number of fused-ring (bicyclic) bond motifs is 1. The maximum absolute atomic E-state index is 13.8. The Morgan fingerprint density at radius 3 is 3.04 bits per heavy atom. The largest absolute Gasteiger partial charge is 0.370 e. The number of nitrogens with one attached hydrogen (secondary N) is 1. The molecule has 1 amide bonds. The summed E-state index contributed by atoms with van der Waals surface area (Å²) in [6, 6.07) is 3.92. The molecule has 9 heteroatoms. The van der Waals surface area contributed by atoms with Crippen LogP contribution in [0.5, 0.6) is 0 Å². The summed E-state index contributed by atoms with van der Waals surface area (Å²) in [5, 5.41) is 3.04. The maximum Gasteiger partial charge on any atom is 0.231 e. The van der Waals surface area contributed by atoms with Gasteiger partial charge in [-0.2, -0.15) is 0 Å². The summed E-state index contributed by atoms with van der Waals surface area (Å²) in [5.74, 6) is -1.77. The molecule has 1 unspecified atom stereocenters. The highest BCUT2D eigenvalue weighted by Gasteiger charge is 2.27. The topological polar surface area (TPSA) is 58.1 Å². The zero-order chi connectivity index (χ0) is 19.0. The van der Waals surface area contributed by atoms with Gasteiger partial charge in [-0.1, -0.05) is 11.3 Å². The Morgan fingerprint density at radius 1 is 1.37 bits per heavy atom. The predicted octanol–water partition coefficient (Wildman–Crippen LogP) is 4.59. The fourth-order valence-corrected chi connectivity index (χ4v) is 4.66. The summed E-state index contributed by atoms with van der Waals surface area (Å²) in [6.07, 6.45) is 5.10. The zero-order valence-corrected chi connectivity index (χ0v) is 16.5. The molecule has 1 aliphatic rings. The first-order chi connectivity index (χ1) is 13.0. The average Bonchev–Trinajstić information content (AvgIpc) is 3.05. The van der Waals surface area contributed by atoms with Crippen LogP contribution in [0, 0.1) is 17.6 Å². The van der Waals surface area contributed by atoms with E-state index in [1.165, 1.54) is 6.07 Å². The van der Waals surface area contributed by atoms with Crippen molar-refractivity contribution in [2.75, 3.05) is 23.3 Å². The number of carbonyl (C=O) groups is 1. The van der Waals surface area contributed by atoms with Gasteiger partial charge in [-0.15, -0.1) is 0 Å². The molecule has 3 heterocycles. The molecule has 140 valence electrons. The summed E-state index contributed by atoms with van der Waals surface area (Å²) in [5.41, 5.74) is 1.07. The van der Waals surface area contributed by atoms with Crippen LogP contribution in [-0.4, -0.2) is 29.0 Å². The molecule has 2 aromatic heterocycles. The lowest BCUT2D eigenvalue weighted by molar-refractivity contribution is -0.120. The van der Waals surface area contributed by atoms with E-state index in [-0.39, 0.29) is 22.5 Å². The van der Waals surface area contributed by atoms with Gasteiger partial charge in [-0.25, -0.2) is 13.8 Å². The highest BCUT2D eigenvalue weighted by atomic mass is 79.9. The van der Waals surface area contributed by atoms with Crippen molar-refractivity contribution in [3.05, 3.63) is 46.7 Å². The fraction of sp³-hybridized carbons (Fsp3) is 0.278. The molecule has 27 heavy (non-hydrogen) atoms. The lowest BCUT2D eigenvalue weighted by Crippen LogP contribution is -2.40.